The van der Waals surface area contributed by atoms with Crippen LogP contribution in [0.1, 0.15) is 44.0 Å². The zero-order valence-corrected chi connectivity index (χ0v) is 21.8. The predicted octanol–water partition coefficient (Wildman–Crippen LogP) is 6.02. The Balaban J connectivity index is 1.52. The number of benzene rings is 3. The van der Waals surface area contributed by atoms with Gasteiger partial charge >= 0.3 is 5.97 Å². The average molecular weight is 521 g/mol. The van der Waals surface area contributed by atoms with E-state index in [1.165, 1.54) is 0 Å². The first kappa shape index (κ1) is 26.1. The van der Waals surface area contributed by atoms with Gasteiger partial charge < -0.3 is 24.5 Å². The molecule has 0 atom stereocenters. The van der Waals surface area contributed by atoms with Crippen molar-refractivity contribution in [2.24, 2.45) is 0 Å². The Labute approximate surface area is 220 Å². The molecule has 0 unspecified atom stereocenters. The van der Waals surface area contributed by atoms with Gasteiger partial charge in [0.05, 0.1) is 17.7 Å². The number of carboxylic acids is 1. The van der Waals surface area contributed by atoms with Crippen molar-refractivity contribution >= 4 is 34.4 Å². The average Bonchev–Trinajstić information content (AvgIpc) is 3.25. The topological polar surface area (TPSA) is 89.8 Å². The second-order valence-electron chi connectivity index (χ2n) is 8.81. The van der Waals surface area contributed by atoms with Gasteiger partial charge in [0.25, 0.3) is 5.91 Å². The minimum absolute atomic E-state index is 0.116. The Hall–Kier alpha value is -3.97. The molecule has 0 spiro atoms. The zero-order valence-electron chi connectivity index (χ0n) is 21.0. The smallest absolute Gasteiger partial charge is 0.336 e. The van der Waals surface area contributed by atoms with E-state index >= 15 is 0 Å². The third-order valence-electron chi connectivity index (χ3n) is 6.18. The summed E-state index contributed by atoms with van der Waals surface area (Å²) < 4.78 is 13.9. The van der Waals surface area contributed by atoms with E-state index < -0.39 is 5.97 Å². The SMILES string of the molecule is CNC(=O)c1cc2ccc(OCc3ccccc3C(=O)O)cc2n1CCCOc1cc(C)c(Cl)c(C)c1. The number of aryl methyl sites for hydroxylation is 3. The lowest BCUT2D eigenvalue weighted by atomic mass is 10.1. The van der Waals surface area contributed by atoms with Crippen LogP contribution in [0.15, 0.2) is 60.7 Å². The van der Waals surface area contributed by atoms with E-state index in [0.717, 1.165) is 32.8 Å². The first-order valence-electron chi connectivity index (χ1n) is 12.0. The number of nitrogens with zero attached hydrogens (tertiary/aromatic N) is 1. The van der Waals surface area contributed by atoms with E-state index in [2.05, 4.69) is 5.32 Å². The van der Waals surface area contributed by atoms with Crippen LogP contribution in [0.25, 0.3) is 10.9 Å². The molecule has 4 rings (SSSR count). The van der Waals surface area contributed by atoms with E-state index in [-0.39, 0.29) is 18.1 Å². The van der Waals surface area contributed by atoms with Gasteiger partial charge in [-0.25, -0.2) is 4.79 Å². The Kier molecular flexibility index (Phi) is 8.04. The molecule has 0 aliphatic heterocycles. The number of aromatic nitrogens is 1. The molecule has 3 aromatic carbocycles. The Bertz CT molecular complexity index is 1440. The molecule has 0 bridgehead atoms. The summed E-state index contributed by atoms with van der Waals surface area (Å²) in [7, 11) is 1.60. The number of carbonyl (C=O) groups is 2. The molecular formula is C29H29ClN2O5. The highest BCUT2D eigenvalue weighted by molar-refractivity contribution is 6.32. The molecule has 1 amide bonds. The van der Waals surface area contributed by atoms with Crippen molar-refractivity contribution < 1.29 is 24.2 Å². The van der Waals surface area contributed by atoms with Crippen LogP contribution in [0.4, 0.5) is 0 Å². The fraction of sp³-hybridized carbons (Fsp3) is 0.241. The number of rotatable bonds is 10. The second kappa shape index (κ2) is 11.4. The summed E-state index contributed by atoms with van der Waals surface area (Å²) >= 11 is 6.25. The van der Waals surface area contributed by atoms with Crippen LogP contribution in [0, 0.1) is 13.8 Å². The van der Waals surface area contributed by atoms with Crippen molar-refractivity contribution in [1.29, 1.82) is 0 Å². The lowest BCUT2D eigenvalue weighted by molar-refractivity contribution is 0.0693. The molecule has 0 radical (unpaired) electrons. The van der Waals surface area contributed by atoms with E-state index in [4.69, 9.17) is 21.1 Å². The third kappa shape index (κ3) is 5.89. The molecule has 8 heteroatoms. The number of amides is 1. The van der Waals surface area contributed by atoms with Crippen LogP contribution in [0.3, 0.4) is 0 Å². The van der Waals surface area contributed by atoms with Gasteiger partial charge in [-0.3, -0.25) is 4.79 Å². The van der Waals surface area contributed by atoms with Gasteiger partial charge in [0.2, 0.25) is 0 Å². The standard InChI is InChI=1S/C29H29ClN2O5/c1-18-13-23(14-19(2)27(18)30)36-12-6-11-32-25-16-22(10-9-20(25)15-26(32)28(33)31-3)37-17-21-7-4-5-8-24(21)29(34)35/h4-5,7-10,13-16H,6,11-12,17H2,1-3H3,(H,31,33)(H,34,35). The number of carboxylic acid groups (broad SMARTS) is 1. The van der Waals surface area contributed by atoms with Gasteiger partial charge in [-0.1, -0.05) is 29.8 Å². The molecule has 192 valence electrons. The number of hydrogen-bond donors (Lipinski definition) is 2. The maximum atomic E-state index is 12.6. The zero-order chi connectivity index (χ0) is 26.5. The number of carbonyl (C=O) groups excluding carboxylic acids is 1. The van der Waals surface area contributed by atoms with Gasteiger partial charge in [0, 0.05) is 35.6 Å². The number of fused-ring (bicyclic) bond motifs is 1. The van der Waals surface area contributed by atoms with Gasteiger partial charge in [0.1, 0.15) is 23.8 Å². The minimum Gasteiger partial charge on any atom is -0.494 e. The van der Waals surface area contributed by atoms with Crippen LogP contribution in [0.2, 0.25) is 5.02 Å². The third-order valence-corrected chi connectivity index (χ3v) is 6.78. The summed E-state index contributed by atoms with van der Waals surface area (Å²) in [5.41, 5.74) is 4.12. The molecule has 0 saturated carbocycles. The van der Waals surface area contributed by atoms with Crippen LogP contribution in [0.5, 0.6) is 11.5 Å². The van der Waals surface area contributed by atoms with E-state index in [1.54, 1.807) is 31.3 Å². The lowest BCUT2D eigenvalue weighted by Gasteiger charge is -2.13. The summed E-state index contributed by atoms with van der Waals surface area (Å²) in [6.45, 7) is 5.04. The van der Waals surface area contributed by atoms with Crippen molar-refractivity contribution in [1.82, 2.24) is 9.88 Å². The van der Waals surface area contributed by atoms with Crippen molar-refractivity contribution in [2.75, 3.05) is 13.7 Å². The summed E-state index contributed by atoms with van der Waals surface area (Å²) in [4.78, 5) is 24.1. The van der Waals surface area contributed by atoms with Crippen LogP contribution < -0.4 is 14.8 Å². The molecule has 0 aliphatic rings. The van der Waals surface area contributed by atoms with Gasteiger partial charge in [0.15, 0.2) is 0 Å². The first-order valence-corrected chi connectivity index (χ1v) is 12.3. The highest BCUT2D eigenvalue weighted by atomic mass is 35.5. The number of halogens is 1. The van der Waals surface area contributed by atoms with Crippen molar-refractivity contribution in [3.05, 3.63) is 93.6 Å². The van der Waals surface area contributed by atoms with E-state index in [9.17, 15) is 14.7 Å². The molecule has 1 aromatic heterocycles. The monoisotopic (exact) mass is 520 g/mol. The van der Waals surface area contributed by atoms with Gasteiger partial charge in [-0.15, -0.1) is 0 Å². The molecule has 37 heavy (non-hydrogen) atoms. The highest BCUT2D eigenvalue weighted by Gasteiger charge is 2.16. The second-order valence-corrected chi connectivity index (χ2v) is 9.18. The predicted molar refractivity (Wildman–Crippen MR) is 144 cm³/mol. The van der Waals surface area contributed by atoms with Crippen LogP contribution >= 0.6 is 11.6 Å². The Morgan fingerprint density at radius 1 is 0.973 bits per heavy atom. The van der Waals surface area contributed by atoms with Crippen LogP contribution in [-0.4, -0.2) is 35.2 Å². The van der Waals surface area contributed by atoms with E-state index in [1.807, 2.05) is 54.8 Å². The summed E-state index contributed by atoms with van der Waals surface area (Å²) in [5, 5.41) is 13.8. The Morgan fingerprint density at radius 2 is 1.70 bits per heavy atom. The van der Waals surface area contributed by atoms with Crippen molar-refractivity contribution in [2.45, 2.75) is 33.4 Å². The fourth-order valence-electron chi connectivity index (χ4n) is 4.30. The normalized spacial score (nSPS) is 10.9. The molecule has 2 N–H and O–H groups in total. The largest absolute Gasteiger partial charge is 0.494 e. The molecule has 4 aromatic rings. The molecular weight excluding hydrogens is 492 g/mol. The van der Waals surface area contributed by atoms with E-state index in [0.29, 0.717) is 36.6 Å². The summed E-state index contributed by atoms with van der Waals surface area (Å²) in [6, 6.07) is 18.0. The van der Waals surface area contributed by atoms with Crippen molar-refractivity contribution in [3.63, 3.8) is 0 Å². The van der Waals surface area contributed by atoms with Crippen molar-refractivity contribution in [3.8, 4) is 11.5 Å². The minimum atomic E-state index is -0.995. The maximum absolute atomic E-state index is 12.6. The number of nitrogens with one attached hydrogen (secondary N) is 1. The number of ether oxygens (including phenoxy) is 2. The number of hydrogen-bond acceptors (Lipinski definition) is 4. The lowest BCUT2D eigenvalue weighted by Crippen LogP contribution is -2.22. The molecule has 0 aliphatic carbocycles. The number of aromatic carboxylic acids is 1. The molecule has 0 saturated heterocycles. The molecule has 1 heterocycles. The maximum Gasteiger partial charge on any atom is 0.336 e. The van der Waals surface area contributed by atoms with Crippen LogP contribution in [-0.2, 0) is 13.2 Å². The Morgan fingerprint density at radius 3 is 2.41 bits per heavy atom. The first-order chi connectivity index (χ1) is 17.8. The molecule has 7 nitrogen and oxygen atoms in total. The summed E-state index contributed by atoms with van der Waals surface area (Å²) in [5.74, 6) is 0.170. The fourth-order valence-corrected chi connectivity index (χ4v) is 4.41. The molecule has 0 fully saturated rings. The van der Waals surface area contributed by atoms with Gasteiger partial charge in [-0.2, -0.15) is 0 Å². The van der Waals surface area contributed by atoms with Gasteiger partial charge in [-0.05, 0) is 67.8 Å². The highest BCUT2D eigenvalue weighted by Crippen LogP contribution is 2.28. The quantitative estimate of drug-likeness (QED) is 0.250. The summed E-state index contributed by atoms with van der Waals surface area (Å²) in [6.07, 6.45) is 0.672.